The highest BCUT2D eigenvalue weighted by Gasteiger charge is 2.49. The monoisotopic (exact) mass is 573 g/mol. The number of aromatic nitrogens is 2. The zero-order valence-electron chi connectivity index (χ0n) is 21.6. The summed E-state index contributed by atoms with van der Waals surface area (Å²) in [6.07, 6.45) is 0.641. The lowest BCUT2D eigenvalue weighted by Gasteiger charge is -2.22. The van der Waals surface area contributed by atoms with Gasteiger partial charge < -0.3 is 9.84 Å². The van der Waals surface area contributed by atoms with Gasteiger partial charge in [0.05, 0.1) is 5.57 Å². The average Bonchev–Trinajstić information content (AvgIpc) is 3.63. The number of hydrogen-bond donors (Lipinski definition) is 1. The number of aliphatic hydroxyl groups is 1. The second kappa shape index (κ2) is 10.5. The molecule has 0 bridgehead atoms. The second-order valence-electron chi connectivity index (χ2n) is 9.77. The predicted octanol–water partition coefficient (Wildman–Crippen LogP) is 6.23. The van der Waals surface area contributed by atoms with Crippen LogP contribution in [-0.4, -0.2) is 33.1 Å². The highest BCUT2D eigenvalue weighted by Crippen LogP contribution is 2.45. The van der Waals surface area contributed by atoms with Crippen molar-refractivity contribution in [3.63, 3.8) is 0 Å². The molecule has 0 spiro atoms. The van der Waals surface area contributed by atoms with Gasteiger partial charge in [0.25, 0.3) is 5.78 Å². The number of carbonyl (C=O) groups is 2. The van der Waals surface area contributed by atoms with Crippen LogP contribution in [0.2, 0.25) is 0 Å². The molecule has 40 heavy (non-hydrogen) atoms. The molecular weight excluding hydrogens is 549 g/mol. The van der Waals surface area contributed by atoms with Crippen molar-refractivity contribution in [3.05, 3.63) is 106 Å². The molecule has 1 fully saturated rings. The molecule has 2 atom stereocenters. The van der Waals surface area contributed by atoms with Gasteiger partial charge in [-0.3, -0.25) is 14.5 Å². The van der Waals surface area contributed by atoms with Crippen LogP contribution in [0.1, 0.15) is 40.8 Å². The molecule has 1 aromatic heterocycles. The van der Waals surface area contributed by atoms with Crippen molar-refractivity contribution >= 4 is 45.7 Å². The summed E-state index contributed by atoms with van der Waals surface area (Å²) >= 11 is 2.59. The third-order valence-corrected chi connectivity index (χ3v) is 9.03. The smallest absolute Gasteiger partial charge is 0.301 e. The van der Waals surface area contributed by atoms with Gasteiger partial charge in [-0.25, -0.2) is 4.39 Å². The zero-order chi connectivity index (χ0) is 28.0. The number of rotatable bonds is 6. The minimum Gasteiger partial charge on any atom is -0.507 e. The molecule has 6 rings (SSSR count). The number of ether oxygens (including phenoxy) is 1. The molecule has 0 saturated carbocycles. The Labute approximate surface area is 238 Å². The van der Waals surface area contributed by atoms with E-state index in [0.717, 1.165) is 27.4 Å². The van der Waals surface area contributed by atoms with Crippen LogP contribution < -0.4 is 9.64 Å². The van der Waals surface area contributed by atoms with Crippen molar-refractivity contribution in [2.45, 2.75) is 42.5 Å². The summed E-state index contributed by atoms with van der Waals surface area (Å²) in [7, 11) is 0. The molecule has 1 saturated heterocycles. The third-order valence-electron chi connectivity index (χ3n) is 6.90. The fourth-order valence-corrected chi connectivity index (χ4v) is 6.76. The molecule has 0 radical (unpaired) electrons. The van der Waals surface area contributed by atoms with Gasteiger partial charge in [-0.2, -0.15) is 0 Å². The maximum Gasteiger partial charge on any atom is 0.301 e. The number of anilines is 1. The lowest BCUT2D eigenvalue weighted by molar-refractivity contribution is -0.132. The first-order chi connectivity index (χ1) is 19.3. The topological polar surface area (TPSA) is 92.6 Å². The minimum atomic E-state index is -1.22. The van der Waals surface area contributed by atoms with Gasteiger partial charge >= 0.3 is 5.91 Å². The molecule has 0 unspecified atom stereocenters. The van der Waals surface area contributed by atoms with E-state index in [9.17, 15) is 14.7 Å². The average molecular weight is 574 g/mol. The molecule has 1 amide bonds. The van der Waals surface area contributed by atoms with E-state index in [1.54, 1.807) is 24.3 Å². The lowest BCUT2D eigenvalue weighted by Crippen LogP contribution is -2.29. The zero-order valence-corrected chi connectivity index (χ0v) is 23.3. The lowest BCUT2D eigenvalue weighted by atomic mass is 9.94. The van der Waals surface area contributed by atoms with Crippen molar-refractivity contribution < 1.29 is 23.8 Å². The quantitative estimate of drug-likeness (QED) is 0.0961. The Morgan fingerprint density at radius 2 is 1.90 bits per heavy atom. The van der Waals surface area contributed by atoms with Crippen LogP contribution >= 0.6 is 23.1 Å². The number of hydrogen-bond acceptors (Lipinski definition) is 8. The van der Waals surface area contributed by atoms with Gasteiger partial charge in [0.15, 0.2) is 4.34 Å². The van der Waals surface area contributed by atoms with Crippen LogP contribution in [0.5, 0.6) is 5.75 Å². The van der Waals surface area contributed by atoms with E-state index >= 15 is 4.39 Å². The van der Waals surface area contributed by atoms with Gasteiger partial charge in [0, 0.05) is 23.3 Å². The third kappa shape index (κ3) is 4.77. The molecule has 7 nitrogen and oxygen atoms in total. The van der Waals surface area contributed by atoms with Crippen LogP contribution in [0.4, 0.5) is 9.52 Å². The number of carbonyl (C=O) groups excluding carboxylic acids is 2. The van der Waals surface area contributed by atoms with E-state index in [-0.39, 0.29) is 28.1 Å². The number of aryl methyl sites for hydroxylation is 1. The summed E-state index contributed by atoms with van der Waals surface area (Å²) in [6.45, 7) is 3.96. The summed E-state index contributed by atoms with van der Waals surface area (Å²) in [6, 6.07) is 17.9. The molecule has 1 N–H and O–H groups in total. The molecule has 2 aliphatic rings. The number of thioether (sulfide) groups is 1. The van der Waals surface area contributed by atoms with E-state index in [2.05, 4.69) is 10.2 Å². The van der Waals surface area contributed by atoms with Crippen molar-refractivity contribution in [2.24, 2.45) is 0 Å². The first-order valence-corrected chi connectivity index (χ1v) is 14.5. The predicted molar refractivity (Wildman–Crippen MR) is 152 cm³/mol. The summed E-state index contributed by atoms with van der Waals surface area (Å²) in [5.74, 6) is -1.46. The number of nitrogens with zero attached hydrogens (tertiary/aromatic N) is 3. The van der Waals surface area contributed by atoms with Gasteiger partial charge in [0.1, 0.15) is 29.5 Å². The normalized spacial score (nSPS) is 19.6. The Bertz CT molecular complexity index is 1670. The van der Waals surface area contributed by atoms with E-state index < -0.39 is 23.5 Å². The van der Waals surface area contributed by atoms with Crippen LogP contribution in [0, 0.1) is 12.7 Å². The summed E-state index contributed by atoms with van der Waals surface area (Å²) in [4.78, 5) is 28.0. The molecule has 202 valence electrons. The van der Waals surface area contributed by atoms with Crippen molar-refractivity contribution in [3.8, 4) is 5.75 Å². The SMILES string of the molecule is Cc1ccc(CSc2nnc(N3C(=O)C(=O)/C(=C(/O)c4ccc5c(c4)C[C@H](C)O5)[C@H]3c3ccccc3F)s2)cc1. The standard InChI is InChI=1S/C30H24FN3O4S2/c1-16-7-9-18(10-8-16)15-39-30-33-32-29(40-30)34-25(21-5-3-4-6-22(21)31)24(27(36)28(34)37)26(35)19-11-12-23-20(14-19)13-17(2)38-23/h3-12,14,17,25,35H,13,15H2,1-2H3/b26-24+/t17-,25+/m0/s1. The number of benzene rings is 3. The summed E-state index contributed by atoms with van der Waals surface area (Å²) < 4.78 is 21.5. The number of aliphatic hydroxyl groups excluding tert-OH is 1. The number of halogens is 1. The molecule has 0 aliphatic carbocycles. The van der Waals surface area contributed by atoms with E-state index in [0.29, 0.717) is 27.8 Å². The van der Waals surface area contributed by atoms with Gasteiger partial charge in [-0.15, -0.1) is 10.2 Å². The maximum absolute atomic E-state index is 15.2. The minimum absolute atomic E-state index is 0.00753. The fraction of sp³-hybridized carbons (Fsp3) is 0.200. The summed E-state index contributed by atoms with van der Waals surface area (Å²) in [5.41, 5.74) is 3.37. The Balaban J connectivity index is 1.39. The number of ketones is 1. The first kappa shape index (κ1) is 26.2. The Kier molecular flexibility index (Phi) is 6.89. The summed E-state index contributed by atoms with van der Waals surface area (Å²) in [5, 5.41) is 20.0. The maximum atomic E-state index is 15.2. The highest BCUT2D eigenvalue weighted by atomic mass is 32.2. The van der Waals surface area contributed by atoms with E-state index in [1.165, 1.54) is 35.5 Å². The van der Waals surface area contributed by atoms with Crippen LogP contribution in [-0.2, 0) is 21.8 Å². The van der Waals surface area contributed by atoms with Crippen molar-refractivity contribution in [2.75, 3.05) is 4.90 Å². The number of amides is 1. The molecular formula is C30H24FN3O4S2. The van der Waals surface area contributed by atoms with Crippen LogP contribution in [0.3, 0.4) is 0 Å². The second-order valence-corrected chi connectivity index (χ2v) is 11.9. The Morgan fingerprint density at radius 1 is 1.12 bits per heavy atom. The molecule has 4 aromatic rings. The molecule has 3 aromatic carbocycles. The van der Waals surface area contributed by atoms with Gasteiger partial charge in [0.2, 0.25) is 5.13 Å². The molecule has 2 aliphatic heterocycles. The van der Waals surface area contributed by atoms with Gasteiger partial charge in [-0.05, 0) is 49.2 Å². The first-order valence-electron chi connectivity index (χ1n) is 12.7. The Morgan fingerprint density at radius 3 is 2.67 bits per heavy atom. The molecule has 10 heteroatoms. The van der Waals surface area contributed by atoms with Gasteiger partial charge in [-0.1, -0.05) is 71.1 Å². The van der Waals surface area contributed by atoms with Crippen LogP contribution in [0.15, 0.2) is 76.6 Å². The largest absolute Gasteiger partial charge is 0.507 e. The number of Topliss-reactive ketones (excluding diaryl/α,β-unsaturated/α-hetero) is 1. The van der Waals surface area contributed by atoms with Crippen molar-refractivity contribution in [1.29, 1.82) is 0 Å². The van der Waals surface area contributed by atoms with E-state index in [1.807, 2.05) is 38.1 Å². The van der Waals surface area contributed by atoms with Crippen molar-refractivity contribution in [1.82, 2.24) is 10.2 Å². The number of fused-ring (bicyclic) bond motifs is 1. The Hall–Kier alpha value is -4.02. The molecule has 3 heterocycles. The van der Waals surface area contributed by atoms with Crippen LogP contribution in [0.25, 0.3) is 5.76 Å². The van der Waals surface area contributed by atoms with E-state index in [4.69, 9.17) is 4.74 Å². The highest BCUT2D eigenvalue weighted by molar-refractivity contribution is 8.00. The fourth-order valence-electron chi connectivity index (χ4n) is 4.93.